The van der Waals surface area contributed by atoms with Crippen molar-refractivity contribution in [2.45, 2.75) is 50.3 Å². The van der Waals surface area contributed by atoms with Crippen LogP contribution in [0.5, 0.6) is 0 Å². The molecule has 1 aromatic rings. The van der Waals surface area contributed by atoms with Gasteiger partial charge in [-0.25, -0.2) is 0 Å². The number of pyridine rings is 1. The van der Waals surface area contributed by atoms with Crippen molar-refractivity contribution in [3.63, 3.8) is 0 Å². The summed E-state index contributed by atoms with van der Waals surface area (Å²) in [5.74, 6) is 1.99. The zero-order valence-electron chi connectivity index (χ0n) is 13.0. The molecule has 1 aliphatic rings. The molecule has 1 saturated carbocycles. The van der Waals surface area contributed by atoms with E-state index in [9.17, 15) is 9.90 Å². The van der Waals surface area contributed by atoms with Gasteiger partial charge in [-0.1, -0.05) is 25.3 Å². The average molecular weight is 322 g/mol. The standard InChI is InChI=1S/C17H26N2O2S/c20-12-14-6-2-1-3-8-16(14)19-17(21)9-11-22-13-15-7-4-5-10-18-15/h4-5,7,10,14,16,20H,1-3,6,8-9,11-13H2,(H,19,21). The van der Waals surface area contributed by atoms with Gasteiger partial charge in [0, 0.05) is 42.7 Å². The lowest BCUT2D eigenvalue weighted by Gasteiger charge is -2.24. The normalized spacial score (nSPS) is 22.0. The van der Waals surface area contributed by atoms with E-state index in [4.69, 9.17) is 0 Å². The molecule has 122 valence electrons. The summed E-state index contributed by atoms with van der Waals surface area (Å²) in [6, 6.07) is 6.05. The number of nitrogens with one attached hydrogen (secondary N) is 1. The van der Waals surface area contributed by atoms with E-state index in [1.807, 2.05) is 18.2 Å². The fourth-order valence-electron chi connectivity index (χ4n) is 2.90. The number of amides is 1. The van der Waals surface area contributed by atoms with Crippen LogP contribution in [0.25, 0.3) is 0 Å². The topological polar surface area (TPSA) is 62.2 Å². The molecule has 0 radical (unpaired) electrons. The van der Waals surface area contributed by atoms with Gasteiger partial charge in [-0.2, -0.15) is 11.8 Å². The third-order valence-corrected chi connectivity index (χ3v) is 5.18. The zero-order chi connectivity index (χ0) is 15.6. The van der Waals surface area contributed by atoms with Gasteiger partial charge in [-0.05, 0) is 25.0 Å². The van der Waals surface area contributed by atoms with E-state index in [0.717, 1.165) is 42.9 Å². The number of aromatic nitrogens is 1. The second-order valence-electron chi connectivity index (χ2n) is 5.88. The Morgan fingerprint density at radius 2 is 2.18 bits per heavy atom. The van der Waals surface area contributed by atoms with Crippen molar-refractivity contribution in [1.82, 2.24) is 10.3 Å². The van der Waals surface area contributed by atoms with E-state index in [0.29, 0.717) is 6.42 Å². The Bertz CT molecular complexity index is 442. The summed E-state index contributed by atoms with van der Waals surface area (Å²) in [6.45, 7) is 0.180. The molecule has 0 bridgehead atoms. The van der Waals surface area contributed by atoms with Crippen molar-refractivity contribution in [2.75, 3.05) is 12.4 Å². The van der Waals surface area contributed by atoms with Gasteiger partial charge in [0.1, 0.15) is 0 Å². The summed E-state index contributed by atoms with van der Waals surface area (Å²) in [5, 5.41) is 12.6. The van der Waals surface area contributed by atoms with Crippen LogP contribution in [0.2, 0.25) is 0 Å². The van der Waals surface area contributed by atoms with Crippen LogP contribution in [0.1, 0.15) is 44.2 Å². The van der Waals surface area contributed by atoms with Gasteiger partial charge in [-0.15, -0.1) is 0 Å². The monoisotopic (exact) mass is 322 g/mol. The van der Waals surface area contributed by atoms with Gasteiger partial charge in [0.15, 0.2) is 0 Å². The molecule has 1 amide bonds. The largest absolute Gasteiger partial charge is 0.396 e. The Balaban J connectivity index is 1.66. The second-order valence-corrected chi connectivity index (χ2v) is 6.98. The molecular formula is C17H26N2O2S. The van der Waals surface area contributed by atoms with Crippen molar-refractivity contribution >= 4 is 17.7 Å². The first-order valence-corrected chi connectivity index (χ1v) is 9.33. The molecule has 0 aromatic carbocycles. The number of aliphatic hydroxyl groups is 1. The van der Waals surface area contributed by atoms with Crippen LogP contribution in [-0.4, -0.2) is 34.4 Å². The van der Waals surface area contributed by atoms with Crippen LogP contribution in [0.15, 0.2) is 24.4 Å². The van der Waals surface area contributed by atoms with E-state index < -0.39 is 0 Å². The van der Waals surface area contributed by atoms with E-state index in [-0.39, 0.29) is 24.5 Å². The number of carbonyl (C=O) groups excluding carboxylic acids is 1. The summed E-state index contributed by atoms with van der Waals surface area (Å²) < 4.78 is 0. The molecule has 0 aliphatic heterocycles. The van der Waals surface area contributed by atoms with E-state index in [2.05, 4.69) is 10.3 Å². The fraction of sp³-hybridized carbons (Fsp3) is 0.647. The summed E-state index contributed by atoms with van der Waals surface area (Å²) >= 11 is 1.73. The quantitative estimate of drug-likeness (QED) is 0.598. The highest BCUT2D eigenvalue weighted by Crippen LogP contribution is 2.23. The first kappa shape index (κ1) is 17.3. The smallest absolute Gasteiger partial charge is 0.221 e. The summed E-state index contributed by atoms with van der Waals surface area (Å²) in [7, 11) is 0. The van der Waals surface area contributed by atoms with Gasteiger partial charge in [0.25, 0.3) is 0 Å². The highest BCUT2D eigenvalue weighted by atomic mass is 32.2. The fourth-order valence-corrected chi connectivity index (χ4v) is 3.75. The molecule has 1 fully saturated rings. The van der Waals surface area contributed by atoms with Crippen LogP contribution in [-0.2, 0) is 10.5 Å². The SMILES string of the molecule is O=C(CCSCc1ccccn1)NC1CCCCCC1CO. The number of nitrogens with zero attached hydrogens (tertiary/aromatic N) is 1. The third-order valence-electron chi connectivity index (χ3n) is 4.19. The van der Waals surface area contributed by atoms with Crippen molar-refractivity contribution in [3.8, 4) is 0 Å². The lowest BCUT2D eigenvalue weighted by Crippen LogP contribution is -2.41. The predicted molar refractivity (Wildman–Crippen MR) is 90.6 cm³/mol. The lowest BCUT2D eigenvalue weighted by molar-refractivity contribution is -0.121. The Labute approximate surface area is 137 Å². The Morgan fingerprint density at radius 1 is 1.32 bits per heavy atom. The minimum Gasteiger partial charge on any atom is -0.396 e. The highest BCUT2D eigenvalue weighted by molar-refractivity contribution is 7.98. The molecule has 0 saturated heterocycles. The van der Waals surface area contributed by atoms with Crippen LogP contribution < -0.4 is 5.32 Å². The maximum Gasteiger partial charge on any atom is 0.221 e. The maximum atomic E-state index is 12.1. The van der Waals surface area contributed by atoms with Gasteiger partial charge in [-0.3, -0.25) is 9.78 Å². The molecular weight excluding hydrogens is 296 g/mol. The molecule has 2 rings (SSSR count). The number of hydrogen-bond donors (Lipinski definition) is 2. The minimum absolute atomic E-state index is 0.110. The number of aliphatic hydroxyl groups excluding tert-OH is 1. The highest BCUT2D eigenvalue weighted by Gasteiger charge is 2.24. The van der Waals surface area contributed by atoms with Gasteiger partial charge < -0.3 is 10.4 Å². The molecule has 0 spiro atoms. The Hall–Kier alpha value is -1.07. The molecule has 5 heteroatoms. The summed E-state index contributed by atoms with van der Waals surface area (Å²) in [4.78, 5) is 16.3. The number of hydrogen-bond acceptors (Lipinski definition) is 4. The zero-order valence-corrected chi connectivity index (χ0v) is 13.9. The van der Waals surface area contributed by atoms with Crippen molar-refractivity contribution < 1.29 is 9.90 Å². The molecule has 1 aliphatic carbocycles. The van der Waals surface area contributed by atoms with Crippen LogP contribution in [0.3, 0.4) is 0 Å². The van der Waals surface area contributed by atoms with Crippen molar-refractivity contribution in [2.24, 2.45) is 5.92 Å². The molecule has 4 nitrogen and oxygen atoms in total. The number of rotatable bonds is 7. The van der Waals surface area contributed by atoms with E-state index in [1.165, 1.54) is 6.42 Å². The summed E-state index contributed by atoms with van der Waals surface area (Å²) in [6.07, 6.45) is 7.87. The number of thioether (sulfide) groups is 1. The Morgan fingerprint density at radius 3 is 2.95 bits per heavy atom. The van der Waals surface area contributed by atoms with Crippen LogP contribution in [0, 0.1) is 5.92 Å². The predicted octanol–water partition coefficient (Wildman–Crippen LogP) is 2.76. The lowest BCUT2D eigenvalue weighted by atomic mass is 9.95. The van der Waals surface area contributed by atoms with Crippen LogP contribution in [0.4, 0.5) is 0 Å². The summed E-state index contributed by atoms with van der Waals surface area (Å²) in [5.41, 5.74) is 1.05. The van der Waals surface area contributed by atoms with E-state index >= 15 is 0 Å². The molecule has 2 N–H and O–H groups in total. The minimum atomic E-state index is 0.110. The number of carbonyl (C=O) groups is 1. The van der Waals surface area contributed by atoms with Gasteiger partial charge >= 0.3 is 0 Å². The molecule has 1 heterocycles. The Kier molecular flexibility index (Phi) is 7.74. The second kappa shape index (κ2) is 9.85. The van der Waals surface area contributed by atoms with Crippen molar-refractivity contribution in [1.29, 1.82) is 0 Å². The first-order valence-electron chi connectivity index (χ1n) is 8.17. The van der Waals surface area contributed by atoms with Crippen LogP contribution >= 0.6 is 11.8 Å². The first-order chi connectivity index (χ1) is 10.8. The van der Waals surface area contributed by atoms with Gasteiger partial charge in [0.05, 0.1) is 5.69 Å². The molecule has 1 aromatic heterocycles. The average Bonchev–Trinajstić information content (AvgIpc) is 2.77. The molecule has 22 heavy (non-hydrogen) atoms. The van der Waals surface area contributed by atoms with E-state index in [1.54, 1.807) is 18.0 Å². The third kappa shape index (κ3) is 5.97. The maximum absolute atomic E-state index is 12.1. The van der Waals surface area contributed by atoms with Gasteiger partial charge in [0.2, 0.25) is 5.91 Å². The van der Waals surface area contributed by atoms with Crippen molar-refractivity contribution in [3.05, 3.63) is 30.1 Å². The molecule has 2 atom stereocenters. The molecule has 2 unspecified atom stereocenters.